The van der Waals surface area contributed by atoms with Crippen LogP contribution in [0.4, 0.5) is 10.5 Å². The Hall–Kier alpha value is -2.04. The molecule has 110 valence electrons. The summed E-state index contributed by atoms with van der Waals surface area (Å²) < 4.78 is 0. The number of rotatable bonds is 7. The minimum Gasteiger partial charge on any atom is -0.480 e. The average molecular weight is 278 g/mol. The van der Waals surface area contributed by atoms with Crippen LogP contribution in [-0.4, -0.2) is 23.1 Å². The molecule has 5 nitrogen and oxygen atoms in total. The molecule has 0 unspecified atom stereocenters. The fraction of sp³-hybridized carbons (Fsp3) is 0.467. The lowest BCUT2D eigenvalue weighted by Gasteiger charge is -2.15. The first-order chi connectivity index (χ1) is 9.56. The molecule has 0 aliphatic rings. The lowest BCUT2D eigenvalue weighted by atomic mass is 10.1. The fourth-order valence-electron chi connectivity index (χ4n) is 1.86. The molecule has 2 amide bonds. The summed E-state index contributed by atoms with van der Waals surface area (Å²) in [4.78, 5) is 22.9. The molecule has 5 heteroatoms. The van der Waals surface area contributed by atoms with Crippen LogP contribution in [0, 0.1) is 0 Å². The topological polar surface area (TPSA) is 78.4 Å². The zero-order chi connectivity index (χ0) is 15.0. The number of carboxylic acid groups (broad SMARTS) is 1. The van der Waals surface area contributed by atoms with Crippen LogP contribution in [0.2, 0.25) is 0 Å². The molecule has 0 aliphatic heterocycles. The van der Waals surface area contributed by atoms with Crippen molar-refractivity contribution in [2.45, 2.75) is 45.6 Å². The van der Waals surface area contributed by atoms with Crippen LogP contribution in [0.3, 0.4) is 0 Å². The number of carboxylic acids is 1. The maximum atomic E-state index is 11.8. The van der Waals surface area contributed by atoms with Gasteiger partial charge < -0.3 is 15.7 Å². The normalized spacial score (nSPS) is 11.7. The van der Waals surface area contributed by atoms with Gasteiger partial charge in [0, 0.05) is 5.69 Å². The van der Waals surface area contributed by atoms with Gasteiger partial charge in [0.1, 0.15) is 6.04 Å². The van der Waals surface area contributed by atoms with E-state index in [1.165, 1.54) is 0 Å². The van der Waals surface area contributed by atoms with Crippen LogP contribution in [0.15, 0.2) is 24.3 Å². The summed E-state index contributed by atoms with van der Waals surface area (Å²) in [6, 6.07) is 6.16. The Morgan fingerprint density at radius 2 is 2.05 bits per heavy atom. The number of anilines is 1. The molecule has 0 saturated heterocycles. The summed E-state index contributed by atoms with van der Waals surface area (Å²) in [6.07, 6.45) is 2.98. The van der Waals surface area contributed by atoms with Crippen LogP contribution in [0.1, 0.15) is 38.7 Å². The zero-order valence-corrected chi connectivity index (χ0v) is 12.0. The van der Waals surface area contributed by atoms with E-state index in [2.05, 4.69) is 10.6 Å². The number of aliphatic carboxylic acids is 1. The smallest absolute Gasteiger partial charge is 0.326 e. The quantitative estimate of drug-likeness (QED) is 0.717. The van der Waals surface area contributed by atoms with Gasteiger partial charge in [0.15, 0.2) is 0 Å². The van der Waals surface area contributed by atoms with E-state index in [9.17, 15) is 9.59 Å². The van der Waals surface area contributed by atoms with E-state index < -0.39 is 18.0 Å². The van der Waals surface area contributed by atoms with E-state index in [1.807, 2.05) is 32.0 Å². The Bertz CT molecular complexity index is 460. The first-order valence-corrected chi connectivity index (χ1v) is 6.96. The standard InChI is InChI=1S/C15H22N2O3/c1-3-5-9-13(14(18)19)17-15(20)16-12-8-6-7-11(4-2)10-12/h6-8,10,13H,3-5,9H2,1-2H3,(H,18,19)(H2,16,17,20)/t13-/m0/s1. The van der Waals surface area contributed by atoms with Crippen molar-refractivity contribution in [2.24, 2.45) is 0 Å². The van der Waals surface area contributed by atoms with Gasteiger partial charge in [-0.15, -0.1) is 0 Å². The van der Waals surface area contributed by atoms with E-state index in [4.69, 9.17) is 5.11 Å². The summed E-state index contributed by atoms with van der Waals surface area (Å²) in [5, 5.41) is 14.2. The Balaban J connectivity index is 2.58. The average Bonchev–Trinajstić information content (AvgIpc) is 2.43. The SMILES string of the molecule is CCCC[C@H](NC(=O)Nc1cccc(CC)c1)C(=O)O. The number of urea groups is 1. The highest BCUT2D eigenvalue weighted by Gasteiger charge is 2.19. The predicted molar refractivity (Wildman–Crippen MR) is 78.9 cm³/mol. The highest BCUT2D eigenvalue weighted by Crippen LogP contribution is 2.11. The van der Waals surface area contributed by atoms with Crippen molar-refractivity contribution in [2.75, 3.05) is 5.32 Å². The number of carbonyl (C=O) groups is 2. The molecule has 0 fully saturated rings. The van der Waals surface area contributed by atoms with E-state index in [-0.39, 0.29) is 0 Å². The minimum absolute atomic E-state index is 0.439. The fourth-order valence-corrected chi connectivity index (χ4v) is 1.86. The molecule has 1 atom stereocenters. The van der Waals surface area contributed by atoms with Gasteiger partial charge in [-0.3, -0.25) is 0 Å². The molecular formula is C15H22N2O3. The van der Waals surface area contributed by atoms with Crippen molar-refractivity contribution in [1.29, 1.82) is 0 Å². The van der Waals surface area contributed by atoms with Gasteiger partial charge in [-0.1, -0.05) is 38.8 Å². The summed E-state index contributed by atoms with van der Waals surface area (Å²) >= 11 is 0. The van der Waals surface area contributed by atoms with E-state index in [1.54, 1.807) is 6.07 Å². The second-order valence-corrected chi connectivity index (χ2v) is 4.69. The number of amides is 2. The third kappa shape index (κ3) is 5.30. The lowest BCUT2D eigenvalue weighted by Crippen LogP contribution is -2.42. The van der Waals surface area contributed by atoms with Crippen LogP contribution in [0.25, 0.3) is 0 Å². The summed E-state index contributed by atoms with van der Waals surface area (Å²) in [5.41, 5.74) is 1.78. The van der Waals surface area contributed by atoms with Crippen molar-refractivity contribution in [3.8, 4) is 0 Å². The molecule has 20 heavy (non-hydrogen) atoms. The second kappa shape index (κ2) is 8.19. The van der Waals surface area contributed by atoms with Gasteiger partial charge in [-0.2, -0.15) is 0 Å². The highest BCUT2D eigenvalue weighted by molar-refractivity contribution is 5.92. The van der Waals surface area contributed by atoms with Crippen LogP contribution in [-0.2, 0) is 11.2 Å². The molecule has 0 aromatic heterocycles. The number of hydrogen-bond acceptors (Lipinski definition) is 2. The number of hydrogen-bond donors (Lipinski definition) is 3. The molecule has 0 saturated carbocycles. The molecule has 0 radical (unpaired) electrons. The van der Waals surface area contributed by atoms with E-state index >= 15 is 0 Å². The first kappa shape index (κ1) is 16.0. The number of benzene rings is 1. The molecule has 1 aromatic carbocycles. The van der Waals surface area contributed by atoms with Gasteiger partial charge in [-0.05, 0) is 30.5 Å². The van der Waals surface area contributed by atoms with Crippen molar-refractivity contribution < 1.29 is 14.7 Å². The van der Waals surface area contributed by atoms with Crippen molar-refractivity contribution >= 4 is 17.7 Å². The summed E-state index contributed by atoms with van der Waals surface area (Å²) in [6.45, 7) is 4.01. The molecule has 1 aromatic rings. The molecule has 3 N–H and O–H groups in total. The number of nitrogens with one attached hydrogen (secondary N) is 2. The van der Waals surface area contributed by atoms with Crippen molar-refractivity contribution in [3.63, 3.8) is 0 Å². The number of unbranched alkanes of at least 4 members (excludes halogenated alkanes) is 1. The number of carbonyl (C=O) groups excluding carboxylic acids is 1. The molecule has 0 bridgehead atoms. The van der Waals surface area contributed by atoms with Gasteiger partial charge in [0.2, 0.25) is 0 Å². The lowest BCUT2D eigenvalue weighted by molar-refractivity contribution is -0.139. The van der Waals surface area contributed by atoms with Crippen molar-refractivity contribution in [3.05, 3.63) is 29.8 Å². The molecular weight excluding hydrogens is 256 g/mol. The summed E-state index contributed by atoms with van der Waals surface area (Å²) in [5.74, 6) is -1.00. The third-order valence-corrected chi connectivity index (χ3v) is 3.04. The maximum Gasteiger partial charge on any atom is 0.326 e. The van der Waals surface area contributed by atoms with E-state index in [0.717, 1.165) is 24.8 Å². The Kier molecular flexibility index (Phi) is 6.56. The van der Waals surface area contributed by atoms with Gasteiger partial charge in [0.05, 0.1) is 0 Å². The number of aryl methyl sites for hydroxylation is 1. The minimum atomic E-state index is -1.00. The second-order valence-electron chi connectivity index (χ2n) is 4.69. The molecule has 0 spiro atoms. The summed E-state index contributed by atoms with van der Waals surface area (Å²) in [7, 11) is 0. The highest BCUT2D eigenvalue weighted by atomic mass is 16.4. The van der Waals surface area contributed by atoms with Crippen LogP contribution >= 0.6 is 0 Å². The van der Waals surface area contributed by atoms with Gasteiger partial charge in [-0.25, -0.2) is 9.59 Å². The van der Waals surface area contributed by atoms with Crippen LogP contribution < -0.4 is 10.6 Å². The van der Waals surface area contributed by atoms with E-state index in [0.29, 0.717) is 12.1 Å². The predicted octanol–water partition coefficient (Wildman–Crippen LogP) is 3.01. The molecule has 1 rings (SSSR count). The Labute approximate surface area is 119 Å². The first-order valence-electron chi connectivity index (χ1n) is 6.96. The zero-order valence-electron chi connectivity index (χ0n) is 12.0. The molecule has 0 heterocycles. The van der Waals surface area contributed by atoms with Crippen molar-refractivity contribution in [1.82, 2.24) is 5.32 Å². The molecule has 0 aliphatic carbocycles. The van der Waals surface area contributed by atoms with Gasteiger partial charge in [0.25, 0.3) is 0 Å². The Morgan fingerprint density at radius 3 is 2.65 bits per heavy atom. The Morgan fingerprint density at radius 1 is 1.30 bits per heavy atom. The van der Waals surface area contributed by atoms with Crippen LogP contribution in [0.5, 0.6) is 0 Å². The maximum absolute atomic E-state index is 11.8. The van der Waals surface area contributed by atoms with Gasteiger partial charge >= 0.3 is 12.0 Å². The largest absolute Gasteiger partial charge is 0.480 e. The monoisotopic (exact) mass is 278 g/mol. The third-order valence-electron chi connectivity index (χ3n) is 3.04.